The van der Waals surface area contributed by atoms with Crippen LogP contribution in [0, 0.1) is 40.5 Å². The third-order valence-corrected chi connectivity index (χ3v) is 9.77. The lowest BCUT2D eigenvalue weighted by atomic mass is 10.1. The highest BCUT2D eigenvalue weighted by molar-refractivity contribution is 6.33. The highest BCUT2D eigenvalue weighted by Crippen LogP contribution is 2.40. The van der Waals surface area contributed by atoms with E-state index in [1.807, 2.05) is 0 Å². The summed E-state index contributed by atoms with van der Waals surface area (Å²) in [5, 5.41) is 109. The number of nitrogens with zero attached hydrogens (tertiary/aromatic N) is 6. The molecule has 6 aromatic rings. The van der Waals surface area contributed by atoms with Crippen LogP contribution in [0.15, 0.2) is 121 Å². The first-order valence-corrected chi connectivity index (χ1v) is 20.7. The first-order valence-electron chi connectivity index (χ1n) is 20.4. The van der Waals surface area contributed by atoms with Crippen molar-refractivity contribution in [2.75, 3.05) is 84.1 Å². The number of nitrogens with two attached hydrogens (primary N) is 1. The monoisotopic (exact) mass is 990 g/mol. The molecule has 0 unspecified atom stereocenters. The van der Waals surface area contributed by atoms with Gasteiger partial charge in [-0.1, -0.05) is 31.2 Å². The number of phenols is 2. The normalized spacial score (nSPS) is 10.2. The van der Waals surface area contributed by atoms with Gasteiger partial charge in [-0.15, -0.1) is 0 Å². The number of aliphatic hydroxyl groups is 4. The number of aromatic hydroxyl groups is 2. The highest BCUT2D eigenvalue weighted by Gasteiger charge is 2.26. The predicted octanol–water partition coefficient (Wildman–Crippen LogP) is 7.79. The summed E-state index contributed by atoms with van der Waals surface area (Å²) in [7, 11) is 0. The Kier molecular flexibility index (Phi) is 21.8. The second-order valence-electron chi connectivity index (χ2n) is 14.2. The van der Waals surface area contributed by atoms with Crippen LogP contribution in [0.5, 0.6) is 11.5 Å². The number of aliphatic hydroxyl groups excluding tert-OH is 4. The molecule has 0 atom stereocenters. The lowest BCUT2D eigenvalue weighted by Crippen LogP contribution is -2.29. The number of phenolic OH excluding ortho intramolecular Hbond substituents is 2. The van der Waals surface area contributed by atoms with Crippen molar-refractivity contribution in [2.24, 2.45) is 0 Å². The van der Waals surface area contributed by atoms with Gasteiger partial charge < -0.3 is 62.1 Å². The first kappa shape index (κ1) is 55.8. The Balaban J connectivity index is 0.000000320. The van der Waals surface area contributed by atoms with Gasteiger partial charge in [-0.05, 0) is 84.9 Å². The maximum absolute atomic E-state index is 11.6. The lowest BCUT2D eigenvalue weighted by Gasteiger charge is -2.23. The number of nitro groups is 4. The van der Waals surface area contributed by atoms with Crippen molar-refractivity contribution in [3.8, 4) is 11.5 Å². The van der Waals surface area contributed by atoms with Crippen LogP contribution in [0.1, 0.15) is 7.43 Å². The summed E-state index contributed by atoms with van der Waals surface area (Å²) in [4.78, 5) is 45.9. The van der Waals surface area contributed by atoms with Gasteiger partial charge in [0.15, 0.2) is 0 Å². The largest absolute Gasteiger partial charge is 0.508 e. The maximum atomic E-state index is 11.6. The minimum atomic E-state index is -0.787. The Morgan fingerprint density at radius 3 is 1.17 bits per heavy atom. The van der Waals surface area contributed by atoms with Crippen molar-refractivity contribution in [3.05, 3.63) is 167 Å². The van der Waals surface area contributed by atoms with Crippen molar-refractivity contribution < 1.29 is 50.3 Å². The molecule has 6 aromatic carbocycles. The molecule has 0 saturated carbocycles. The minimum Gasteiger partial charge on any atom is -0.508 e. The molecule has 0 aliphatic rings. The summed E-state index contributed by atoms with van der Waals surface area (Å²) >= 11 is 5.85. The standard InChI is InChI=1S/C22H23N5O7.C16H17ClN4O6.C6H7NO.CH4/c28-10-8-25(9-11-29)17-6-4-15(5-7-17)23-19-13-20(24-16-2-1-3-18(30)12-16)22(27(33)34)14-21(19)26(31)32;17-13-9-14(16(21(26)27)10-15(13)20(24)25)18-11-1-3-12(4-2-11)19(5-7-22)6-8-23;7-5-2-1-3-6(8)4-5;/h1-7,12-14,23-24,28-30H,8-11H2;1-4,9-10,18,22-23H,5-8H2;1-4,8H,7H2;1H4. The van der Waals surface area contributed by atoms with Crippen LogP contribution in [-0.4, -0.2) is 103 Å². The van der Waals surface area contributed by atoms with E-state index in [4.69, 9.17) is 32.7 Å². The summed E-state index contributed by atoms with van der Waals surface area (Å²) in [5.41, 5.74) is 6.74. The maximum Gasteiger partial charge on any atom is 0.299 e. The van der Waals surface area contributed by atoms with Gasteiger partial charge in [-0.25, -0.2) is 0 Å². The van der Waals surface area contributed by atoms with Crippen LogP contribution in [-0.2, 0) is 0 Å². The molecule has 11 N–H and O–H groups in total. The smallest absolute Gasteiger partial charge is 0.299 e. The number of rotatable bonds is 20. The van der Waals surface area contributed by atoms with Crippen LogP contribution in [0.25, 0.3) is 0 Å². The third-order valence-electron chi connectivity index (χ3n) is 9.46. The van der Waals surface area contributed by atoms with Crippen LogP contribution in [0.4, 0.5) is 73.9 Å². The van der Waals surface area contributed by atoms with Crippen LogP contribution in [0.3, 0.4) is 0 Å². The van der Waals surface area contributed by atoms with E-state index in [0.29, 0.717) is 48.9 Å². The van der Waals surface area contributed by atoms with E-state index in [0.717, 1.165) is 29.6 Å². The number of hydrogen-bond acceptors (Lipinski definition) is 20. The van der Waals surface area contributed by atoms with E-state index < -0.39 is 42.4 Å². The zero-order valence-electron chi connectivity index (χ0n) is 36.3. The number of nitro benzene ring substituents is 4. The van der Waals surface area contributed by atoms with Crippen molar-refractivity contribution in [1.82, 2.24) is 0 Å². The van der Waals surface area contributed by atoms with Gasteiger partial charge in [-0.2, -0.15) is 0 Å². The predicted molar refractivity (Wildman–Crippen MR) is 267 cm³/mol. The molecule has 372 valence electrons. The SMILES string of the molecule is C.Nc1cccc(O)c1.O=[N+]([O-])c1cc([N+](=O)[O-])c(Nc2ccc(N(CCO)CCO)cc2)cc1Cl.O=[N+]([O-])c1cc([N+](=O)[O-])c(Nc2cccc(O)c2)cc1Nc1ccc(N(CCO)CCO)cc1. The molecule has 0 aliphatic carbocycles. The summed E-state index contributed by atoms with van der Waals surface area (Å²) in [6, 6.07) is 30.0. The van der Waals surface area contributed by atoms with Crippen molar-refractivity contribution in [2.45, 2.75) is 7.43 Å². The molecule has 0 heterocycles. The van der Waals surface area contributed by atoms with E-state index in [1.165, 1.54) is 24.3 Å². The fourth-order valence-electron chi connectivity index (χ4n) is 6.33. The minimum absolute atomic E-state index is 0. The van der Waals surface area contributed by atoms with Gasteiger partial charge in [0.2, 0.25) is 0 Å². The quantitative estimate of drug-likeness (QED) is 0.0198. The fourth-order valence-corrected chi connectivity index (χ4v) is 6.56. The number of anilines is 9. The molecule has 70 heavy (non-hydrogen) atoms. The van der Waals surface area contributed by atoms with Gasteiger partial charge >= 0.3 is 0 Å². The molecule has 0 bridgehead atoms. The Labute approximate surface area is 404 Å². The summed E-state index contributed by atoms with van der Waals surface area (Å²) in [6.45, 7) is 0.999. The molecular formula is C45H51ClN10O14. The zero-order chi connectivity index (χ0) is 50.6. The molecule has 25 heteroatoms. The van der Waals surface area contributed by atoms with Crippen molar-refractivity contribution in [3.63, 3.8) is 0 Å². The topological polar surface area (TPSA) is 363 Å². The second kappa shape index (κ2) is 27.3. The van der Waals surface area contributed by atoms with E-state index in [2.05, 4.69) is 16.0 Å². The molecular weight excluding hydrogens is 940 g/mol. The van der Waals surface area contributed by atoms with Crippen molar-refractivity contribution >= 4 is 85.5 Å². The number of halogens is 1. The molecule has 0 amide bonds. The number of hydrogen-bond donors (Lipinski definition) is 10. The van der Waals surface area contributed by atoms with Gasteiger partial charge in [0.25, 0.3) is 22.7 Å². The van der Waals surface area contributed by atoms with Crippen LogP contribution in [0.2, 0.25) is 5.02 Å². The fraction of sp³-hybridized carbons (Fsp3) is 0.200. The van der Waals surface area contributed by atoms with Gasteiger partial charge in [0.05, 0.1) is 58.3 Å². The van der Waals surface area contributed by atoms with E-state index in [9.17, 15) is 55.8 Å². The number of nitrogens with one attached hydrogen (secondary N) is 3. The van der Waals surface area contributed by atoms with Gasteiger partial charge in [-0.3, -0.25) is 40.5 Å². The molecule has 0 aromatic heterocycles. The Bertz CT molecular complexity index is 2670. The number of nitrogen functional groups attached to an aromatic ring is 1. The second-order valence-corrected chi connectivity index (χ2v) is 14.6. The Hall–Kier alpha value is -8.55. The molecule has 0 fully saturated rings. The Morgan fingerprint density at radius 1 is 0.471 bits per heavy atom. The third kappa shape index (κ3) is 16.4. The first-order chi connectivity index (χ1) is 33.0. The molecule has 6 rings (SSSR count). The number of benzene rings is 6. The average molecular weight is 991 g/mol. The summed E-state index contributed by atoms with van der Waals surface area (Å²) in [5.74, 6) is 0.162. The molecule has 0 spiro atoms. The van der Waals surface area contributed by atoms with E-state index >= 15 is 0 Å². The average Bonchev–Trinajstić information content (AvgIpc) is 3.29. The highest BCUT2D eigenvalue weighted by atomic mass is 35.5. The van der Waals surface area contributed by atoms with Crippen molar-refractivity contribution in [1.29, 1.82) is 0 Å². The Morgan fingerprint density at radius 2 is 0.829 bits per heavy atom. The summed E-state index contributed by atoms with van der Waals surface area (Å²) in [6.07, 6.45) is 0. The van der Waals surface area contributed by atoms with Crippen LogP contribution >= 0.6 is 11.6 Å². The molecule has 0 aliphatic heterocycles. The van der Waals surface area contributed by atoms with E-state index in [1.54, 1.807) is 88.7 Å². The van der Waals surface area contributed by atoms with E-state index in [-0.39, 0.29) is 67.4 Å². The molecule has 0 radical (unpaired) electrons. The van der Waals surface area contributed by atoms with Gasteiger partial charge in [0.1, 0.15) is 33.6 Å². The summed E-state index contributed by atoms with van der Waals surface area (Å²) < 4.78 is 0. The lowest BCUT2D eigenvalue weighted by molar-refractivity contribution is -0.393. The molecule has 0 saturated heterocycles. The van der Waals surface area contributed by atoms with Gasteiger partial charge in [0, 0.05) is 72.4 Å². The zero-order valence-corrected chi connectivity index (χ0v) is 37.0. The molecule has 24 nitrogen and oxygen atoms in total. The van der Waals surface area contributed by atoms with Crippen LogP contribution < -0.4 is 31.5 Å².